The van der Waals surface area contributed by atoms with Gasteiger partial charge in [0.2, 0.25) is 0 Å². The fourth-order valence-corrected chi connectivity index (χ4v) is 2.96. The van der Waals surface area contributed by atoms with E-state index in [-0.39, 0.29) is 12.1 Å². The van der Waals surface area contributed by atoms with Gasteiger partial charge in [0.15, 0.2) is 0 Å². The molecule has 1 aliphatic carbocycles. The average Bonchev–Trinajstić information content (AvgIpc) is 2.73. The minimum absolute atomic E-state index is 0.123. The van der Waals surface area contributed by atoms with Gasteiger partial charge in [0.1, 0.15) is 12.6 Å². The number of hydrogen-bond donors (Lipinski definition) is 1. The van der Waals surface area contributed by atoms with Gasteiger partial charge in [-0.1, -0.05) is 25.5 Å². The average molecular weight is 239 g/mol. The molecular formula is C12H17NO4. The van der Waals surface area contributed by atoms with E-state index in [1.54, 1.807) is 0 Å². The van der Waals surface area contributed by atoms with Gasteiger partial charge in [0, 0.05) is 12.0 Å². The van der Waals surface area contributed by atoms with E-state index in [2.05, 4.69) is 6.58 Å². The van der Waals surface area contributed by atoms with Crippen molar-refractivity contribution in [3.63, 3.8) is 0 Å². The molecule has 17 heavy (non-hydrogen) atoms. The molecule has 1 saturated heterocycles. The van der Waals surface area contributed by atoms with Crippen LogP contribution in [-0.4, -0.2) is 40.3 Å². The van der Waals surface area contributed by atoms with Crippen molar-refractivity contribution in [3.05, 3.63) is 12.7 Å². The van der Waals surface area contributed by atoms with E-state index in [4.69, 9.17) is 9.84 Å². The molecule has 0 radical (unpaired) electrons. The number of carbonyl (C=O) groups excluding carboxylic acids is 1. The van der Waals surface area contributed by atoms with Crippen LogP contribution >= 0.6 is 0 Å². The van der Waals surface area contributed by atoms with Crippen LogP contribution in [0.15, 0.2) is 12.7 Å². The molecule has 1 N–H and O–H groups in total. The molecule has 0 aromatic rings. The maximum absolute atomic E-state index is 11.9. The van der Waals surface area contributed by atoms with E-state index in [0.717, 1.165) is 25.7 Å². The van der Waals surface area contributed by atoms with Crippen LogP contribution in [0.3, 0.4) is 0 Å². The molecule has 2 aliphatic rings. The van der Waals surface area contributed by atoms with Crippen molar-refractivity contribution in [1.82, 2.24) is 4.90 Å². The molecule has 1 heterocycles. The lowest BCUT2D eigenvalue weighted by atomic mass is 9.77. The highest BCUT2D eigenvalue weighted by Gasteiger charge is 2.58. The van der Waals surface area contributed by atoms with E-state index in [0.29, 0.717) is 6.42 Å². The highest BCUT2D eigenvalue weighted by molar-refractivity contribution is 5.83. The molecule has 0 bridgehead atoms. The Kier molecular flexibility index (Phi) is 3.09. The van der Waals surface area contributed by atoms with Gasteiger partial charge in [-0.2, -0.15) is 0 Å². The predicted octanol–water partition coefficient (Wildman–Crippen LogP) is 1.78. The fourth-order valence-electron chi connectivity index (χ4n) is 2.96. The second-order valence-corrected chi connectivity index (χ2v) is 4.73. The number of aliphatic carboxylic acids is 1. The highest BCUT2D eigenvalue weighted by atomic mass is 16.6. The molecule has 1 unspecified atom stereocenters. The number of carboxylic acid groups (broad SMARTS) is 1. The summed E-state index contributed by atoms with van der Waals surface area (Å²) in [6.45, 7) is 3.59. The molecule has 0 aromatic carbocycles. The largest absolute Gasteiger partial charge is 0.480 e. The predicted molar refractivity (Wildman–Crippen MR) is 60.6 cm³/mol. The van der Waals surface area contributed by atoms with Crippen LogP contribution in [0.5, 0.6) is 0 Å². The topological polar surface area (TPSA) is 66.8 Å². The number of rotatable bonds is 3. The summed E-state index contributed by atoms with van der Waals surface area (Å²) in [6, 6.07) is -0.717. The fraction of sp³-hybridized carbons (Fsp3) is 0.667. The molecule has 5 nitrogen and oxygen atoms in total. The Morgan fingerprint density at radius 2 is 2.12 bits per heavy atom. The number of carboxylic acids is 1. The Morgan fingerprint density at radius 1 is 1.47 bits per heavy atom. The molecular weight excluding hydrogens is 222 g/mol. The number of carbonyl (C=O) groups is 2. The SMILES string of the molecule is C=CCOC(=O)N1C(C(=O)O)CC12CCCC2. The van der Waals surface area contributed by atoms with E-state index in [1.807, 2.05) is 0 Å². The maximum Gasteiger partial charge on any atom is 0.411 e. The molecule has 1 saturated carbocycles. The Labute approximate surface area is 100 Å². The molecule has 1 amide bonds. The first-order valence-electron chi connectivity index (χ1n) is 5.90. The first-order chi connectivity index (χ1) is 8.10. The summed E-state index contributed by atoms with van der Waals surface area (Å²) in [7, 11) is 0. The highest BCUT2D eigenvalue weighted by Crippen LogP contribution is 2.48. The van der Waals surface area contributed by atoms with E-state index >= 15 is 0 Å². The molecule has 2 rings (SSSR count). The Morgan fingerprint density at radius 3 is 2.65 bits per heavy atom. The summed E-state index contributed by atoms with van der Waals surface area (Å²) >= 11 is 0. The summed E-state index contributed by atoms with van der Waals surface area (Å²) in [6.07, 6.45) is 5.40. The van der Waals surface area contributed by atoms with Crippen molar-refractivity contribution >= 4 is 12.1 Å². The van der Waals surface area contributed by atoms with Gasteiger partial charge in [-0.05, 0) is 12.8 Å². The minimum Gasteiger partial charge on any atom is -0.480 e. The first kappa shape index (κ1) is 12.0. The maximum atomic E-state index is 11.9. The molecule has 94 valence electrons. The summed E-state index contributed by atoms with van der Waals surface area (Å²) in [5.41, 5.74) is -0.249. The van der Waals surface area contributed by atoms with Gasteiger partial charge in [-0.15, -0.1) is 0 Å². The van der Waals surface area contributed by atoms with Crippen LogP contribution < -0.4 is 0 Å². The van der Waals surface area contributed by atoms with Crippen LogP contribution in [0.25, 0.3) is 0 Å². The van der Waals surface area contributed by atoms with Crippen LogP contribution in [0.1, 0.15) is 32.1 Å². The van der Waals surface area contributed by atoms with Gasteiger partial charge in [0.25, 0.3) is 0 Å². The van der Waals surface area contributed by atoms with Gasteiger partial charge in [-0.25, -0.2) is 9.59 Å². The Balaban J connectivity index is 2.09. The van der Waals surface area contributed by atoms with E-state index in [1.165, 1.54) is 11.0 Å². The number of nitrogens with zero attached hydrogens (tertiary/aromatic N) is 1. The van der Waals surface area contributed by atoms with Gasteiger partial charge < -0.3 is 9.84 Å². The summed E-state index contributed by atoms with van der Waals surface area (Å²) in [5, 5.41) is 9.05. The molecule has 1 atom stereocenters. The van der Waals surface area contributed by atoms with Gasteiger partial charge in [0.05, 0.1) is 0 Å². The third-order valence-electron chi connectivity index (χ3n) is 3.74. The van der Waals surface area contributed by atoms with Crippen LogP contribution in [-0.2, 0) is 9.53 Å². The molecule has 1 aliphatic heterocycles. The number of likely N-dealkylation sites (tertiary alicyclic amines) is 1. The second-order valence-electron chi connectivity index (χ2n) is 4.73. The third-order valence-corrected chi connectivity index (χ3v) is 3.74. The van der Waals surface area contributed by atoms with Crippen molar-refractivity contribution in [2.45, 2.75) is 43.7 Å². The normalized spacial score (nSPS) is 25.4. The molecule has 5 heteroatoms. The van der Waals surface area contributed by atoms with Crippen LogP contribution in [0.2, 0.25) is 0 Å². The summed E-state index contributed by atoms with van der Waals surface area (Å²) in [5.74, 6) is -0.946. The minimum atomic E-state index is -0.946. The van der Waals surface area contributed by atoms with Crippen molar-refractivity contribution in [1.29, 1.82) is 0 Å². The second kappa shape index (κ2) is 4.39. The summed E-state index contributed by atoms with van der Waals surface area (Å²) < 4.78 is 4.97. The zero-order chi connectivity index (χ0) is 12.5. The van der Waals surface area contributed by atoms with Crippen molar-refractivity contribution < 1.29 is 19.4 Å². The molecule has 0 aromatic heterocycles. The lowest BCUT2D eigenvalue weighted by Crippen LogP contribution is -2.69. The lowest BCUT2D eigenvalue weighted by Gasteiger charge is -2.54. The van der Waals surface area contributed by atoms with Gasteiger partial charge >= 0.3 is 12.1 Å². The quantitative estimate of drug-likeness (QED) is 0.762. The van der Waals surface area contributed by atoms with Crippen molar-refractivity contribution in [2.75, 3.05) is 6.61 Å². The summed E-state index contributed by atoms with van der Waals surface area (Å²) in [4.78, 5) is 24.3. The number of amides is 1. The van der Waals surface area contributed by atoms with Crippen molar-refractivity contribution in [3.8, 4) is 0 Å². The monoisotopic (exact) mass is 239 g/mol. The third kappa shape index (κ3) is 1.90. The lowest BCUT2D eigenvalue weighted by molar-refractivity contribution is -0.157. The van der Waals surface area contributed by atoms with Crippen molar-refractivity contribution in [2.24, 2.45) is 0 Å². The number of hydrogen-bond acceptors (Lipinski definition) is 3. The molecule has 2 fully saturated rings. The Hall–Kier alpha value is -1.52. The number of ether oxygens (including phenoxy) is 1. The zero-order valence-corrected chi connectivity index (χ0v) is 9.72. The Bertz CT molecular complexity index is 346. The van der Waals surface area contributed by atoms with E-state index < -0.39 is 18.1 Å². The first-order valence-corrected chi connectivity index (χ1v) is 5.90. The van der Waals surface area contributed by atoms with Gasteiger partial charge in [-0.3, -0.25) is 4.90 Å². The van der Waals surface area contributed by atoms with Crippen LogP contribution in [0.4, 0.5) is 4.79 Å². The molecule has 1 spiro atoms. The zero-order valence-electron chi connectivity index (χ0n) is 9.72. The standard InChI is InChI=1S/C12H17NO4/c1-2-7-17-11(16)13-9(10(14)15)8-12(13)5-3-4-6-12/h2,9H,1,3-8H2,(H,14,15). The van der Waals surface area contributed by atoms with E-state index in [9.17, 15) is 9.59 Å². The smallest absolute Gasteiger partial charge is 0.411 e. The van der Waals surface area contributed by atoms with Crippen LogP contribution in [0, 0.1) is 0 Å².